The molecule has 108 valence electrons. The largest absolute Gasteiger partial charge is 0.416 e. The van der Waals surface area contributed by atoms with Gasteiger partial charge in [0.1, 0.15) is 5.82 Å². The van der Waals surface area contributed by atoms with Gasteiger partial charge in [0.25, 0.3) is 0 Å². The van der Waals surface area contributed by atoms with E-state index in [1.165, 1.54) is 4.57 Å². The quantitative estimate of drug-likeness (QED) is 0.661. The molecule has 0 amide bonds. The first-order valence-electron chi connectivity index (χ1n) is 5.76. The highest BCUT2D eigenvalue weighted by Gasteiger charge is 2.31. The van der Waals surface area contributed by atoms with Gasteiger partial charge < -0.3 is 0 Å². The standard InChI is InChI=1S/C12H11F4N3S/c1-6(2)19-10(17-18-11(19)20)8-5-7(12(14,15)16)3-4-9(8)13/h3-6H,1-2H3,(H,18,20). The molecule has 0 bridgehead atoms. The van der Waals surface area contributed by atoms with Crippen molar-refractivity contribution in [2.75, 3.05) is 0 Å². The topological polar surface area (TPSA) is 33.6 Å². The maximum absolute atomic E-state index is 13.8. The minimum absolute atomic E-state index is 0.0496. The number of aromatic amines is 1. The van der Waals surface area contributed by atoms with Crippen molar-refractivity contribution >= 4 is 12.2 Å². The van der Waals surface area contributed by atoms with Gasteiger partial charge in [-0.1, -0.05) is 0 Å². The molecule has 8 heteroatoms. The van der Waals surface area contributed by atoms with E-state index in [0.717, 1.165) is 12.1 Å². The van der Waals surface area contributed by atoms with Crippen LogP contribution in [-0.2, 0) is 6.18 Å². The van der Waals surface area contributed by atoms with E-state index in [9.17, 15) is 17.6 Å². The van der Waals surface area contributed by atoms with E-state index in [-0.39, 0.29) is 22.2 Å². The number of hydrogen-bond acceptors (Lipinski definition) is 2. The average molecular weight is 305 g/mol. The predicted octanol–water partition coefficient (Wildman–Crippen LogP) is 4.35. The molecule has 0 aliphatic heterocycles. The summed E-state index contributed by atoms with van der Waals surface area (Å²) in [6.07, 6.45) is -4.54. The minimum Gasteiger partial charge on any atom is -0.298 e. The van der Waals surface area contributed by atoms with E-state index in [4.69, 9.17) is 12.2 Å². The minimum atomic E-state index is -4.54. The van der Waals surface area contributed by atoms with E-state index >= 15 is 0 Å². The Kier molecular flexibility index (Phi) is 3.68. The van der Waals surface area contributed by atoms with E-state index in [2.05, 4.69) is 10.2 Å². The zero-order valence-electron chi connectivity index (χ0n) is 10.6. The molecule has 2 aromatic rings. The van der Waals surface area contributed by atoms with Crippen LogP contribution in [0.3, 0.4) is 0 Å². The molecule has 0 fully saturated rings. The summed E-state index contributed by atoms with van der Waals surface area (Å²) in [4.78, 5) is 0. The SMILES string of the molecule is CC(C)n1c(-c2cc(C(F)(F)F)ccc2F)n[nH]c1=S. The summed E-state index contributed by atoms with van der Waals surface area (Å²) in [5.41, 5.74) is -1.17. The molecule has 0 unspecified atom stereocenters. The third-order valence-electron chi connectivity index (χ3n) is 2.76. The van der Waals surface area contributed by atoms with Crippen molar-refractivity contribution in [2.24, 2.45) is 0 Å². The van der Waals surface area contributed by atoms with Gasteiger partial charge in [-0.3, -0.25) is 9.67 Å². The van der Waals surface area contributed by atoms with Crippen LogP contribution >= 0.6 is 12.2 Å². The Balaban J connectivity index is 2.67. The molecule has 1 aromatic heterocycles. The molecule has 1 heterocycles. The van der Waals surface area contributed by atoms with Gasteiger partial charge in [-0.05, 0) is 44.3 Å². The summed E-state index contributed by atoms with van der Waals surface area (Å²) in [7, 11) is 0. The number of nitrogens with zero attached hydrogens (tertiary/aromatic N) is 2. The number of aromatic nitrogens is 3. The molecule has 0 atom stereocenters. The van der Waals surface area contributed by atoms with E-state index in [0.29, 0.717) is 6.07 Å². The monoisotopic (exact) mass is 305 g/mol. The summed E-state index contributed by atoms with van der Waals surface area (Å²) in [5, 5.41) is 6.30. The lowest BCUT2D eigenvalue weighted by atomic mass is 10.1. The van der Waals surface area contributed by atoms with Crippen LogP contribution < -0.4 is 0 Å². The Hall–Kier alpha value is -1.70. The number of benzene rings is 1. The Bertz CT molecular complexity index is 685. The Morgan fingerprint density at radius 3 is 2.50 bits per heavy atom. The van der Waals surface area contributed by atoms with E-state index in [1.54, 1.807) is 13.8 Å². The fourth-order valence-electron chi connectivity index (χ4n) is 1.85. The molecular weight excluding hydrogens is 294 g/mol. The lowest BCUT2D eigenvalue weighted by molar-refractivity contribution is -0.137. The summed E-state index contributed by atoms with van der Waals surface area (Å²) in [5.74, 6) is -0.734. The molecule has 0 spiro atoms. The number of rotatable bonds is 2. The molecule has 0 aliphatic rings. The molecule has 0 aliphatic carbocycles. The highest BCUT2D eigenvalue weighted by atomic mass is 32.1. The lowest BCUT2D eigenvalue weighted by Gasteiger charge is -2.13. The number of halogens is 4. The Labute approximate surface area is 117 Å². The first-order chi connectivity index (χ1) is 9.21. The van der Waals surface area contributed by atoms with Gasteiger partial charge in [-0.2, -0.15) is 18.3 Å². The highest BCUT2D eigenvalue weighted by Crippen LogP contribution is 2.33. The second-order valence-corrected chi connectivity index (χ2v) is 4.90. The molecule has 0 radical (unpaired) electrons. The van der Waals surface area contributed by atoms with Gasteiger partial charge in [0.15, 0.2) is 10.6 Å². The molecule has 1 N–H and O–H groups in total. The van der Waals surface area contributed by atoms with Gasteiger partial charge in [-0.15, -0.1) is 0 Å². The summed E-state index contributed by atoms with van der Waals surface area (Å²) in [6, 6.07) is 2.05. The van der Waals surface area contributed by atoms with Gasteiger partial charge in [0.05, 0.1) is 11.1 Å². The summed E-state index contributed by atoms with van der Waals surface area (Å²) < 4.78 is 53.6. The van der Waals surface area contributed by atoms with Gasteiger partial charge in [0.2, 0.25) is 0 Å². The number of H-pyrrole nitrogens is 1. The van der Waals surface area contributed by atoms with Crippen LogP contribution in [0.5, 0.6) is 0 Å². The first-order valence-corrected chi connectivity index (χ1v) is 6.16. The maximum atomic E-state index is 13.8. The predicted molar refractivity (Wildman–Crippen MR) is 68.2 cm³/mol. The zero-order valence-corrected chi connectivity index (χ0v) is 11.4. The fraction of sp³-hybridized carbons (Fsp3) is 0.333. The maximum Gasteiger partial charge on any atom is 0.416 e. The van der Waals surface area contributed by atoms with E-state index in [1.807, 2.05) is 0 Å². The van der Waals surface area contributed by atoms with Crippen molar-refractivity contribution in [2.45, 2.75) is 26.1 Å². The molecule has 1 aromatic carbocycles. The van der Waals surface area contributed by atoms with Crippen LogP contribution in [0.4, 0.5) is 17.6 Å². The van der Waals surface area contributed by atoms with Crippen molar-refractivity contribution in [1.82, 2.24) is 14.8 Å². The third-order valence-corrected chi connectivity index (χ3v) is 3.04. The highest BCUT2D eigenvalue weighted by molar-refractivity contribution is 7.71. The average Bonchev–Trinajstić information content (AvgIpc) is 2.70. The normalized spacial score (nSPS) is 12.2. The first kappa shape index (κ1) is 14.7. The second-order valence-electron chi connectivity index (χ2n) is 4.51. The molecule has 0 saturated heterocycles. The van der Waals surface area contributed by atoms with Crippen LogP contribution in [-0.4, -0.2) is 14.8 Å². The van der Waals surface area contributed by atoms with Crippen LogP contribution in [0.2, 0.25) is 0 Å². The fourth-order valence-corrected chi connectivity index (χ4v) is 2.19. The molecule has 3 nitrogen and oxygen atoms in total. The van der Waals surface area contributed by atoms with Gasteiger partial charge in [0, 0.05) is 6.04 Å². The van der Waals surface area contributed by atoms with Crippen molar-refractivity contribution in [3.8, 4) is 11.4 Å². The van der Waals surface area contributed by atoms with Crippen LogP contribution in [0, 0.1) is 10.6 Å². The molecule has 0 saturated carbocycles. The number of hydrogen-bond donors (Lipinski definition) is 1. The third kappa shape index (κ3) is 2.60. The molecular formula is C12H11F4N3S. The van der Waals surface area contributed by atoms with Crippen LogP contribution in [0.25, 0.3) is 11.4 Å². The van der Waals surface area contributed by atoms with Crippen molar-refractivity contribution in [3.63, 3.8) is 0 Å². The van der Waals surface area contributed by atoms with Crippen molar-refractivity contribution in [1.29, 1.82) is 0 Å². The van der Waals surface area contributed by atoms with Crippen molar-refractivity contribution in [3.05, 3.63) is 34.4 Å². The van der Waals surface area contributed by atoms with Gasteiger partial charge in [-0.25, -0.2) is 4.39 Å². The van der Waals surface area contributed by atoms with Crippen molar-refractivity contribution < 1.29 is 17.6 Å². The zero-order chi connectivity index (χ0) is 15.1. The summed E-state index contributed by atoms with van der Waals surface area (Å²) in [6.45, 7) is 3.56. The van der Waals surface area contributed by atoms with Gasteiger partial charge >= 0.3 is 6.18 Å². The lowest BCUT2D eigenvalue weighted by Crippen LogP contribution is -2.08. The second kappa shape index (κ2) is 5.01. The smallest absolute Gasteiger partial charge is 0.298 e. The van der Waals surface area contributed by atoms with E-state index < -0.39 is 17.6 Å². The Morgan fingerprint density at radius 1 is 1.30 bits per heavy atom. The summed E-state index contributed by atoms with van der Waals surface area (Å²) >= 11 is 5.00. The molecule has 20 heavy (non-hydrogen) atoms. The van der Waals surface area contributed by atoms with Crippen LogP contribution in [0.15, 0.2) is 18.2 Å². The Morgan fingerprint density at radius 2 is 1.95 bits per heavy atom. The molecule has 2 rings (SSSR count). The number of alkyl halides is 3. The van der Waals surface area contributed by atoms with Crippen LogP contribution in [0.1, 0.15) is 25.5 Å². The number of nitrogens with one attached hydrogen (secondary N) is 1.